The summed E-state index contributed by atoms with van der Waals surface area (Å²) in [6, 6.07) is 5.96. The second-order valence-corrected chi connectivity index (χ2v) is 7.29. The lowest BCUT2D eigenvalue weighted by Crippen LogP contribution is -2.48. The molecule has 2 rings (SSSR count). The molecule has 2 unspecified atom stereocenters. The van der Waals surface area contributed by atoms with Crippen LogP contribution in [0.1, 0.15) is 23.2 Å². The van der Waals surface area contributed by atoms with Gasteiger partial charge in [0, 0.05) is 13.1 Å². The van der Waals surface area contributed by atoms with Crippen molar-refractivity contribution in [3.8, 4) is 0 Å². The van der Waals surface area contributed by atoms with E-state index in [0.29, 0.717) is 35.7 Å². The van der Waals surface area contributed by atoms with Gasteiger partial charge in [0.25, 0.3) is 5.91 Å². The Bertz CT molecular complexity index is 655. The largest absolute Gasteiger partial charge is 0.481 e. The van der Waals surface area contributed by atoms with Crippen LogP contribution < -0.4 is 5.32 Å². The molecule has 1 fully saturated rings. The number of likely N-dealkylation sites (tertiary alicyclic amines) is 1. The van der Waals surface area contributed by atoms with Crippen LogP contribution in [0.2, 0.25) is 5.02 Å². The maximum absolute atomic E-state index is 12.7. The zero-order valence-corrected chi connectivity index (χ0v) is 15.5. The predicted octanol–water partition coefficient (Wildman–Crippen LogP) is 2.12. The number of carbonyl (C=O) groups is 3. The molecule has 0 aliphatic carbocycles. The summed E-state index contributed by atoms with van der Waals surface area (Å²) in [4.78, 5) is 37.8. The molecule has 1 aromatic rings. The Labute approximate surface area is 155 Å². The second-order valence-electron chi connectivity index (χ2n) is 5.90. The van der Waals surface area contributed by atoms with Crippen LogP contribution in [0.5, 0.6) is 0 Å². The van der Waals surface area contributed by atoms with E-state index in [-0.39, 0.29) is 12.5 Å². The fourth-order valence-corrected chi connectivity index (χ4v) is 3.45. The van der Waals surface area contributed by atoms with Gasteiger partial charge < -0.3 is 15.3 Å². The van der Waals surface area contributed by atoms with Crippen molar-refractivity contribution in [3.05, 3.63) is 34.9 Å². The Hall–Kier alpha value is -1.73. The lowest BCUT2D eigenvalue weighted by Gasteiger charge is -2.24. The summed E-state index contributed by atoms with van der Waals surface area (Å²) in [6.45, 7) is 0.583. The Morgan fingerprint density at radius 2 is 2.12 bits per heavy atom. The lowest BCUT2D eigenvalue weighted by atomic mass is 10.1. The van der Waals surface area contributed by atoms with Gasteiger partial charge in [-0.2, -0.15) is 11.8 Å². The van der Waals surface area contributed by atoms with Gasteiger partial charge in [0.05, 0.1) is 16.5 Å². The number of rotatable bonds is 7. The fourth-order valence-electron chi connectivity index (χ4n) is 2.76. The van der Waals surface area contributed by atoms with Crippen LogP contribution >= 0.6 is 23.4 Å². The fraction of sp³-hybridized carbons (Fsp3) is 0.471. The number of nitrogens with one attached hydrogen (secondary N) is 1. The molecule has 25 heavy (non-hydrogen) atoms. The maximum Gasteiger partial charge on any atom is 0.308 e. The number of hydrogen-bond donors (Lipinski definition) is 2. The first-order valence-electron chi connectivity index (χ1n) is 8.00. The first-order valence-corrected chi connectivity index (χ1v) is 9.77. The number of nitrogens with zero attached hydrogens (tertiary/aromatic N) is 1. The smallest absolute Gasteiger partial charge is 0.308 e. The van der Waals surface area contributed by atoms with E-state index < -0.39 is 23.8 Å². The SMILES string of the molecule is CSCCC(NC(=O)c1ccccc1Cl)C(=O)N1CCC(C(=O)O)C1. The molecule has 2 atom stereocenters. The maximum atomic E-state index is 12.7. The summed E-state index contributed by atoms with van der Waals surface area (Å²) in [6.07, 6.45) is 2.84. The van der Waals surface area contributed by atoms with Gasteiger partial charge in [-0.3, -0.25) is 14.4 Å². The molecule has 1 aromatic carbocycles. The summed E-state index contributed by atoms with van der Waals surface area (Å²) in [5.41, 5.74) is 0.316. The number of carbonyl (C=O) groups excluding carboxylic acids is 2. The Kier molecular flexibility index (Phi) is 7.13. The van der Waals surface area contributed by atoms with Crippen LogP contribution in [0.3, 0.4) is 0 Å². The zero-order valence-electron chi connectivity index (χ0n) is 13.9. The molecule has 0 aromatic heterocycles. The summed E-state index contributed by atoms with van der Waals surface area (Å²) in [5, 5.41) is 12.2. The third-order valence-electron chi connectivity index (χ3n) is 4.18. The molecule has 6 nitrogen and oxygen atoms in total. The van der Waals surface area contributed by atoms with E-state index in [1.54, 1.807) is 36.0 Å². The topological polar surface area (TPSA) is 86.7 Å². The average molecular weight is 385 g/mol. The summed E-state index contributed by atoms with van der Waals surface area (Å²) in [7, 11) is 0. The number of amides is 2. The minimum atomic E-state index is -0.893. The van der Waals surface area contributed by atoms with E-state index in [1.807, 2.05) is 6.26 Å². The molecule has 0 radical (unpaired) electrons. The van der Waals surface area contributed by atoms with Crippen molar-refractivity contribution < 1.29 is 19.5 Å². The minimum Gasteiger partial charge on any atom is -0.481 e. The average Bonchev–Trinajstić information content (AvgIpc) is 3.08. The third kappa shape index (κ3) is 5.12. The highest BCUT2D eigenvalue weighted by atomic mass is 35.5. The van der Waals surface area contributed by atoms with Crippen LogP contribution in [0.15, 0.2) is 24.3 Å². The van der Waals surface area contributed by atoms with E-state index >= 15 is 0 Å². The number of hydrogen-bond acceptors (Lipinski definition) is 4. The molecule has 0 spiro atoms. The molecule has 8 heteroatoms. The van der Waals surface area contributed by atoms with Gasteiger partial charge in [-0.05, 0) is 37.0 Å². The standard InChI is InChI=1S/C17H21ClN2O4S/c1-25-9-7-14(16(22)20-8-6-11(10-20)17(23)24)19-15(21)12-4-2-3-5-13(12)18/h2-5,11,14H,6-10H2,1H3,(H,19,21)(H,23,24). The summed E-state index contributed by atoms with van der Waals surface area (Å²) in [5.74, 6) is -1.37. The highest BCUT2D eigenvalue weighted by Crippen LogP contribution is 2.19. The van der Waals surface area contributed by atoms with E-state index in [4.69, 9.17) is 16.7 Å². The van der Waals surface area contributed by atoms with Gasteiger partial charge in [-0.15, -0.1) is 0 Å². The quantitative estimate of drug-likeness (QED) is 0.752. The molecule has 136 valence electrons. The summed E-state index contributed by atoms with van der Waals surface area (Å²) < 4.78 is 0. The number of halogens is 1. The van der Waals surface area contributed by atoms with Crippen molar-refractivity contribution in [1.82, 2.24) is 10.2 Å². The van der Waals surface area contributed by atoms with E-state index in [0.717, 1.165) is 0 Å². The van der Waals surface area contributed by atoms with Crippen molar-refractivity contribution in [2.45, 2.75) is 18.9 Å². The van der Waals surface area contributed by atoms with Crippen LogP contribution in [-0.2, 0) is 9.59 Å². The first-order chi connectivity index (χ1) is 11.9. The van der Waals surface area contributed by atoms with Crippen molar-refractivity contribution in [1.29, 1.82) is 0 Å². The van der Waals surface area contributed by atoms with Gasteiger partial charge in [-0.25, -0.2) is 0 Å². The number of aliphatic carboxylic acids is 1. The normalized spacial score (nSPS) is 18.0. The molecule has 2 amide bonds. The Morgan fingerprint density at radius 1 is 1.40 bits per heavy atom. The number of carboxylic acid groups (broad SMARTS) is 1. The van der Waals surface area contributed by atoms with Gasteiger partial charge in [0.2, 0.25) is 5.91 Å². The van der Waals surface area contributed by atoms with Gasteiger partial charge in [0.15, 0.2) is 0 Å². The van der Waals surface area contributed by atoms with Gasteiger partial charge >= 0.3 is 5.97 Å². The van der Waals surface area contributed by atoms with Gasteiger partial charge in [0.1, 0.15) is 6.04 Å². The molecule has 1 saturated heterocycles. The van der Waals surface area contributed by atoms with Crippen molar-refractivity contribution >= 4 is 41.1 Å². The number of carboxylic acids is 1. The molecular weight excluding hydrogens is 364 g/mol. The Balaban J connectivity index is 2.08. The van der Waals surface area contributed by atoms with Crippen LogP contribution in [0, 0.1) is 5.92 Å². The van der Waals surface area contributed by atoms with E-state index in [2.05, 4.69) is 5.32 Å². The van der Waals surface area contributed by atoms with Crippen LogP contribution in [0.25, 0.3) is 0 Å². The number of thioether (sulfide) groups is 1. The van der Waals surface area contributed by atoms with Crippen LogP contribution in [-0.4, -0.2) is 58.9 Å². The first kappa shape index (κ1) is 19.6. The van der Waals surface area contributed by atoms with Crippen molar-refractivity contribution in [2.75, 3.05) is 25.1 Å². The van der Waals surface area contributed by atoms with Crippen molar-refractivity contribution in [3.63, 3.8) is 0 Å². The molecular formula is C17H21ClN2O4S. The molecule has 2 N–H and O–H groups in total. The number of benzene rings is 1. The monoisotopic (exact) mass is 384 g/mol. The molecule has 1 aliphatic rings. The highest BCUT2D eigenvalue weighted by Gasteiger charge is 2.34. The predicted molar refractivity (Wildman–Crippen MR) is 98.0 cm³/mol. The molecule has 0 saturated carbocycles. The zero-order chi connectivity index (χ0) is 18.4. The molecule has 1 aliphatic heterocycles. The van der Waals surface area contributed by atoms with E-state index in [9.17, 15) is 14.4 Å². The third-order valence-corrected chi connectivity index (χ3v) is 5.16. The minimum absolute atomic E-state index is 0.186. The van der Waals surface area contributed by atoms with E-state index in [1.165, 1.54) is 4.90 Å². The van der Waals surface area contributed by atoms with Gasteiger partial charge in [-0.1, -0.05) is 23.7 Å². The highest BCUT2D eigenvalue weighted by molar-refractivity contribution is 7.98. The summed E-state index contributed by atoms with van der Waals surface area (Å²) >= 11 is 7.62. The lowest BCUT2D eigenvalue weighted by molar-refractivity contribution is -0.141. The second kappa shape index (κ2) is 9.10. The Morgan fingerprint density at radius 3 is 2.72 bits per heavy atom. The molecule has 0 bridgehead atoms. The van der Waals surface area contributed by atoms with Crippen molar-refractivity contribution in [2.24, 2.45) is 5.92 Å². The van der Waals surface area contributed by atoms with Crippen LogP contribution in [0.4, 0.5) is 0 Å². The molecule has 1 heterocycles.